The Morgan fingerprint density at radius 2 is 2.35 bits per heavy atom. The minimum Gasteiger partial charge on any atom is -0.378 e. The highest BCUT2D eigenvalue weighted by Gasteiger charge is 2.29. The van der Waals surface area contributed by atoms with Gasteiger partial charge in [0.2, 0.25) is 11.9 Å². The van der Waals surface area contributed by atoms with Crippen molar-refractivity contribution in [2.45, 2.75) is 32.8 Å². The molecule has 1 fully saturated rings. The molecule has 2 unspecified atom stereocenters. The lowest BCUT2D eigenvalue weighted by atomic mass is 9.94. The number of carbonyl (C=O) groups is 1. The summed E-state index contributed by atoms with van der Waals surface area (Å²) in [6, 6.07) is 3.88. The van der Waals surface area contributed by atoms with Gasteiger partial charge in [0.1, 0.15) is 0 Å². The van der Waals surface area contributed by atoms with Gasteiger partial charge in [-0.1, -0.05) is 0 Å². The smallest absolute Gasteiger partial charge is 0.235 e. The van der Waals surface area contributed by atoms with Crippen LogP contribution in [-0.4, -0.2) is 33.2 Å². The van der Waals surface area contributed by atoms with Crippen LogP contribution in [0, 0.1) is 12.8 Å². The van der Waals surface area contributed by atoms with Crippen LogP contribution in [0.15, 0.2) is 18.3 Å². The molecule has 1 aliphatic heterocycles. The number of pyridine rings is 1. The van der Waals surface area contributed by atoms with E-state index in [1.165, 1.54) is 0 Å². The number of carbonyl (C=O) groups excluding carboxylic acids is 1. The topological polar surface area (TPSA) is 68.5 Å². The Balaban J connectivity index is 1.80. The summed E-state index contributed by atoms with van der Waals surface area (Å²) in [5, 5.41) is 11.0. The summed E-state index contributed by atoms with van der Waals surface area (Å²) in [6.07, 6.45) is 3.58. The van der Waals surface area contributed by atoms with Crippen molar-refractivity contribution in [3.63, 3.8) is 0 Å². The molecule has 0 spiro atoms. The minimum absolute atomic E-state index is 0.0490. The average Bonchev–Trinajstić information content (AvgIpc) is 2.81. The third-order valence-corrected chi connectivity index (χ3v) is 3.74. The summed E-state index contributed by atoms with van der Waals surface area (Å²) in [6.45, 7) is 4.67. The van der Waals surface area contributed by atoms with E-state index in [-0.39, 0.29) is 17.9 Å². The van der Waals surface area contributed by atoms with Crippen LogP contribution in [0.1, 0.15) is 25.3 Å². The summed E-state index contributed by atoms with van der Waals surface area (Å²) < 4.78 is 7.31. The number of anilines is 1. The second kappa shape index (κ2) is 5.20. The molecule has 3 heterocycles. The fraction of sp³-hybridized carbons (Fsp3) is 0.500. The van der Waals surface area contributed by atoms with Gasteiger partial charge in [-0.2, -0.15) is 0 Å². The second-order valence-corrected chi connectivity index (χ2v) is 5.27. The number of hydrogen-bond donors (Lipinski definition) is 1. The Bertz CT molecular complexity index is 637. The maximum atomic E-state index is 12.3. The van der Waals surface area contributed by atoms with Crippen LogP contribution in [0.5, 0.6) is 0 Å². The Labute approximate surface area is 117 Å². The van der Waals surface area contributed by atoms with Gasteiger partial charge in [0.05, 0.1) is 12.0 Å². The molecular formula is C14H18N4O2. The molecule has 0 bridgehead atoms. The Morgan fingerprint density at radius 3 is 3.15 bits per heavy atom. The predicted octanol–water partition coefficient (Wildman–Crippen LogP) is 1.79. The van der Waals surface area contributed by atoms with Gasteiger partial charge in [-0.25, -0.2) is 0 Å². The third kappa shape index (κ3) is 2.38. The Hall–Kier alpha value is -1.95. The number of amides is 1. The molecule has 6 nitrogen and oxygen atoms in total. The zero-order valence-corrected chi connectivity index (χ0v) is 11.7. The maximum absolute atomic E-state index is 12.3. The SMILES string of the molecule is Cc1ccn2c(NC(=O)C3CCCOC3C)nnc2c1. The van der Waals surface area contributed by atoms with Gasteiger partial charge < -0.3 is 4.74 Å². The standard InChI is InChI=1S/C14H18N4O2/c1-9-5-6-18-12(8-9)16-17-14(18)15-13(19)11-4-3-7-20-10(11)2/h5-6,8,10-11H,3-4,7H2,1-2H3,(H,15,17,19). The normalized spacial score (nSPS) is 22.9. The number of ether oxygens (including phenoxy) is 1. The largest absolute Gasteiger partial charge is 0.378 e. The maximum Gasteiger partial charge on any atom is 0.235 e. The van der Waals surface area contributed by atoms with Crippen LogP contribution in [-0.2, 0) is 9.53 Å². The molecule has 0 aromatic carbocycles. The molecule has 0 saturated carbocycles. The van der Waals surface area contributed by atoms with E-state index >= 15 is 0 Å². The number of aryl methyl sites for hydroxylation is 1. The zero-order chi connectivity index (χ0) is 14.1. The first-order chi connectivity index (χ1) is 9.65. The van der Waals surface area contributed by atoms with Gasteiger partial charge in [-0.15, -0.1) is 10.2 Å². The molecule has 106 valence electrons. The molecule has 0 aliphatic carbocycles. The van der Waals surface area contributed by atoms with E-state index < -0.39 is 0 Å². The highest BCUT2D eigenvalue weighted by molar-refractivity contribution is 5.91. The van der Waals surface area contributed by atoms with Crippen molar-refractivity contribution in [1.29, 1.82) is 0 Å². The van der Waals surface area contributed by atoms with E-state index in [1.807, 2.05) is 32.2 Å². The van der Waals surface area contributed by atoms with Gasteiger partial charge in [-0.05, 0) is 44.4 Å². The van der Waals surface area contributed by atoms with E-state index in [9.17, 15) is 4.79 Å². The van der Waals surface area contributed by atoms with Crippen molar-refractivity contribution in [2.75, 3.05) is 11.9 Å². The quantitative estimate of drug-likeness (QED) is 0.906. The van der Waals surface area contributed by atoms with Crippen LogP contribution in [0.2, 0.25) is 0 Å². The van der Waals surface area contributed by atoms with Crippen LogP contribution < -0.4 is 5.32 Å². The van der Waals surface area contributed by atoms with Gasteiger partial charge in [0.15, 0.2) is 5.65 Å². The molecule has 2 aromatic rings. The van der Waals surface area contributed by atoms with Crippen molar-refractivity contribution in [3.05, 3.63) is 23.9 Å². The summed E-state index contributed by atoms with van der Waals surface area (Å²) in [7, 11) is 0. The first kappa shape index (κ1) is 13.1. The van der Waals surface area contributed by atoms with Gasteiger partial charge in [0.25, 0.3) is 0 Å². The predicted molar refractivity (Wildman–Crippen MR) is 74.5 cm³/mol. The third-order valence-electron chi connectivity index (χ3n) is 3.74. The lowest BCUT2D eigenvalue weighted by Crippen LogP contribution is -2.36. The zero-order valence-electron chi connectivity index (χ0n) is 11.7. The van der Waals surface area contributed by atoms with E-state index in [4.69, 9.17) is 4.74 Å². The van der Waals surface area contributed by atoms with Crippen molar-refractivity contribution in [3.8, 4) is 0 Å². The summed E-state index contributed by atoms with van der Waals surface area (Å²) >= 11 is 0. The lowest BCUT2D eigenvalue weighted by molar-refractivity contribution is -0.127. The number of rotatable bonds is 2. The second-order valence-electron chi connectivity index (χ2n) is 5.27. The van der Waals surface area contributed by atoms with Crippen LogP contribution in [0.3, 0.4) is 0 Å². The molecular weight excluding hydrogens is 256 g/mol. The van der Waals surface area contributed by atoms with Crippen LogP contribution in [0.25, 0.3) is 5.65 Å². The van der Waals surface area contributed by atoms with Crippen LogP contribution in [0.4, 0.5) is 5.95 Å². The molecule has 2 aromatic heterocycles. The monoisotopic (exact) mass is 274 g/mol. The van der Waals surface area contributed by atoms with E-state index in [2.05, 4.69) is 15.5 Å². The molecule has 1 N–H and O–H groups in total. The number of hydrogen-bond acceptors (Lipinski definition) is 4. The van der Waals surface area contributed by atoms with E-state index in [1.54, 1.807) is 4.40 Å². The van der Waals surface area contributed by atoms with Crippen molar-refractivity contribution in [2.24, 2.45) is 5.92 Å². The molecule has 20 heavy (non-hydrogen) atoms. The fourth-order valence-electron chi connectivity index (χ4n) is 2.55. The number of aromatic nitrogens is 3. The van der Waals surface area contributed by atoms with Gasteiger partial charge in [-0.3, -0.25) is 14.5 Å². The van der Waals surface area contributed by atoms with Crippen molar-refractivity contribution < 1.29 is 9.53 Å². The number of nitrogens with one attached hydrogen (secondary N) is 1. The molecule has 0 radical (unpaired) electrons. The molecule has 1 aliphatic rings. The Kier molecular flexibility index (Phi) is 3.40. The number of fused-ring (bicyclic) bond motifs is 1. The molecule has 2 atom stereocenters. The van der Waals surface area contributed by atoms with Gasteiger partial charge >= 0.3 is 0 Å². The summed E-state index contributed by atoms with van der Waals surface area (Å²) in [4.78, 5) is 12.3. The molecule has 6 heteroatoms. The fourth-order valence-corrected chi connectivity index (χ4v) is 2.55. The molecule has 1 amide bonds. The van der Waals surface area contributed by atoms with Gasteiger partial charge in [0, 0.05) is 12.8 Å². The summed E-state index contributed by atoms with van der Waals surface area (Å²) in [5.41, 5.74) is 1.84. The van der Waals surface area contributed by atoms with E-state index in [0.717, 1.165) is 30.7 Å². The summed E-state index contributed by atoms with van der Waals surface area (Å²) in [5.74, 6) is 0.288. The highest BCUT2D eigenvalue weighted by Crippen LogP contribution is 2.22. The average molecular weight is 274 g/mol. The number of nitrogens with zero attached hydrogens (tertiary/aromatic N) is 3. The lowest BCUT2D eigenvalue weighted by Gasteiger charge is -2.27. The van der Waals surface area contributed by atoms with Crippen molar-refractivity contribution in [1.82, 2.24) is 14.6 Å². The van der Waals surface area contributed by atoms with Crippen molar-refractivity contribution >= 4 is 17.5 Å². The van der Waals surface area contributed by atoms with Crippen LogP contribution >= 0.6 is 0 Å². The Morgan fingerprint density at radius 1 is 1.50 bits per heavy atom. The first-order valence-electron chi connectivity index (χ1n) is 6.89. The van der Waals surface area contributed by atoms with E-state index in [0.29, 0.717) is 5.95 Å². The molecule has 3 rings (SSSR count). The highest BCUT2D eigenvalue weighted by atomic mass is 16.5. The minimum atomic E-state index is -0.124. The molecule has 1 saturated heterocycles. The first-order valence-corrected chi connectivity index (χ1v) is 6.89.